The highest BCUT2D eigenvalue weighted by atomic mass is 32.2. The van der Waals surface area contributed by atoms with Crippen LogP contribution in [0.25, 0.3) is 10.2 Å². The number of aromatic nitrogens is 1. The molecule has 0 aliphatic rings. The van der Waals surface area contributed by atoms with Gasteiger partial charge in [-0.1, -0.05) is 99.7 Å². The van der Waals surface area contributed by atoms with Crippen LogP contribution in [0.15, 0.2) is 83.8 Å². The summed E-state index contributed by atoms with van der Waals surface area (Å²) in [6.45, 7) is 8.99. The molecule has 1 amide bonds. The predicted molar refractivity (Wildman–Crippen MR) is 151 cm³/mol. The van der Waals surface area contributed by atoms with E-state index in [0.717, 1.165) is 11.1 Å². The van der Waals surface area contributed by atoms with Crippen molar-refractivity contribution in [2.75, 3.05) is 18.4 Å². The topological polar surface area (TPSA) is 79.4 Å². The molecule has 0 bridgehead atoms. The van der Waals surface area contributed by atoms with Crippen molar-refractivity contribution < 1.29 is 13.2 Å². The molecule has 0 radical (unpaired) electrons. The van der Waals surface area contributed by atoms with Crippen LogP contribution in [0, 0.1) is 11.8 Å². The van der Waals surface area contributed by atoms with E-state index >= 15 is 0 Å². The average Bonchev–Trinajstić information content (AvgIpc) is 3.26. The molecule has 6 nitrogen and oxygen atoms in total. The number of carbonyl (C=O) groups is 1. The van der Waals surface area contributed by atoms with Gasteiger partial charge in [-0.3, -0.25) is 4.79 Å². The molecule has 0 saturated carbocycles. The minimum atomic E-state index is -3.66. The van der Waals surface area contributed by atoms with Gasteiger partial charge in [0.25, 0.3) is 0 Å². The summed E-state index contributed by atoms with van der Waals surface area (Å²) in [5.74, 6) is -0.260. The van der Waals surface area contributed by atoms with Crippen molar-refractivity contribution in [3.8, 4) is 0 Å². The van der Waals surface area contributed by atoms with E-state index in [-0.39, 0.29) is 22.6 Å². The first-order chi connectivity index (χ1) is 17.6. The molecule has 1 aromatic heterocycles. The summed E-state index contributed by atoms with van der Waals surface area (Å²) >= 11 is 1.28. The maximum absolute atomic E-state index is 13.5. The molecule has 0 saturated heterocycles. The van der Waals surface area contributed by atoms with Crippen LogP contribution in [0.1, 0.15) is 44.7 Å². The van der Waals surface area contributed by atoms with Gasteiger partial charge in [-0.25, -0.2) is 13.4 Å². The summed E-state index contributed by atoms with van der Waals surface area (Å²) in [5, 5.41) is 3.41. The summed E-state index contributed by atoms with van der Waals surface area (Å²) in [5.41, 5.74) is 2.42. The van der Waals surface area contributed by atoms with Crippen LogP contribution in [0.3, 0.4) is 0 Å². The van der Waals surface area contributed by atoms with E-state index in [1.807, 2.05) is 88.4 Å². The molecule has 194 valence electrons. The van der Waals surface area contributed by atoms with Crippen LogP contribution >= 0.6 is 11.3 Å². The molecule has 3 aromatic carbocycles. The van der Waals surface area contributed by atoms with Crippen LogP contribution in [0.4, 0.5) is 5.13 Å². The summed E-state index contributed by atoms with van der Waals surface area (Å²) in [6, 6.07) is 24.2. The average molecular weight is 536 g/mol. The van der Waals surface area contributed by atoms with Gasteiger partial charge in [0.1, 0.15) is 0 Å². The molecular formula is C29H33N3O3S2. The van der Waals surface area contributed by atoms with Gasteiger partial charge in [0.2, 0.25) is 15.9 Å². The fourth-order valence-corrected chi connectivity index (χ4v) is 7.09. The molecule has 4 aromatic rings. The van der Waals surface area contributed by atoms with E-state index in [9.17, 15) is 13.2 Å². The van der Waals surface area contributed by atoms with E-state index < -0.39 is 15.9 Å². The molecule has 0 aliphatic heterocycles. The van der Waals surface area contributed by atoms with Crippen molar-refractivity contribution in [1.29, 1.82) is 0 Å². The molecule has 0 atom stereocenters. The highest BCUT2D eigenvalue weighted by Crippen LogP contribution is 2.32. The highest BCUT2D eigenvalue weighted by molar-refractivity contribution is 7.89. The Morgan fingerprint density at radius 3 is 1.92 bits per heavy atom. The van der Waals surface area contributed by atoms with Crippen LogP contribution in [-0.4, -0.2) is 36.7 Å². The van der Waals surface area contributed by atoms with E-state index in [2.05, 4.69) is 10.3 Å². The lowest BCUT2D eigenvalue weighted by Crippen LogP contribution is -2.37. The van der Waals surface area contributed by atoms with E-state index in [4.69, 9.17) is 0 Å². The number of fused-ring (bicyclic) bond motifs is 1. The Balaban J connectivity index is 1.62. The first-order valence-corrected chi connectivity index (χ1v) is 14.7. The number of benzene rings is 3. The lowest BCUT2D eigenvalue weighted by Gasteiger charge is -2.25. The number of hydrogen-bond donors (Lipinski definition) is 1. The highest BCUT2D eigenvalue weighted by Gasteiger charge is 2.27. The standard InChI is InChI=1S/C29H33N3O3S2/c1-20(2)18-32(19-21(3)4)37(34,35)24-15-16-25-26(17-24)36-29(30-25)31-28(33)27(22-11-7-5-8-12-22)23-13-9-6-10-14-23/h5-17,20-21,27H,18-19H2,1-4H3,(H,30,31,33). The molecule has 8 heteroatoms. The second-order valence-electron chi connectivity index (χ2n) is 10.0. The number of anilines is 1. The maximum atomic E-state index is 13.5. The second kappa shape index (κ2) is 11.5. The molecular weight excluding hydrogens is 502 g/mol. The third kappa shape index (κ3) is 6.44. The number of amides is 1. The van der Waals surface area contributed by atoms with Gasteiger partial charge in [0.15, 0.2) is 5.13 Å². The van der Waals surface area contributed by atoms with Gasteiger partial charge in [0, 0.05) is 13.1 Å². The normalized spacial score (nSPS) is 12.2. The lowest BCUT2D eigenvalue weighted by atomic mass is 9.90. The number of thiazole rings is 1. The maximum Gasteiger partial charge on any atom is 0.243 e. The summed E-state index contributed by atoms with van der Waals surface area (Å²) in [6.07, 6.45) is 0. The second-order valence-corrected chi connectivity index (χ2v) is 13.0. The minimum Gasteiger partial charge on any atom is -0.301 e. The predicted octanol–water partition coefficient (Wildman–Crippen LogP) is 6.37. The molecule has 1 N–H and O–H groups in total. The van der Waals surface area contributed by atoms with E-state index in [0.29, 0.717) is 28.4 Å². The van der Waals surface area contributed by atoms with E-state index in [1.54, 1.807) is 22.5 Å². The summed E-state index contributed by atoms with van der Waals surface area (Å²) < 4.78 is 29.2. The van der Waals surface area contributed by atoms with Gasteiger partial charge < -0.3 is 5.32 Å². The number of sulfonamides is 1. The molecule has 1 heterocycles. The monoisotopic (exact) mass is 535 g/mol. The minimum absolute atomic E-state index is 0.190. The zero-order chi connectivity index (χ0) is 26.6. The van der Waals surface area contributed by atoms with Gasteiger partial charge >= 0.3 is 0 Å². The zero-order valence-electron chi connectivity index (χ0n) is 21.6. The SMILES string of the molecule is CC(C)CN(CC(C)C)S(=O)(=O)c1ccc2nc(NC(=O)C(c3ccccc3)c3ccccc3)sc2c1. The fraction of sp³-hybridized carbons (Fsp3) is 0.310. The Morgan fingerprint density at radius 1 is 0.865 bits per heavy atom. The Kier molecular flexibility index (Phi) is 8.42. The number of nitrogens with one attached hydrogen (secondary N) is 1. The molecule has 4 rings (SSSR count). The van der Waals surface area contributed by atoms with Crippen LogP contribution < -0.4 is 5.32 Å². The van der Waals surface area contributed by atoms with Crippen molar-refractivity contribution >= 4 is 42.6 Å². The molecule has 0 spiro atoms. The number of nitrogens with zero attached hydrogens (tertiary/aromatic N) is 2. The molecule has 37 heavy (non-hydrogen) atoms. The van der Waals surface area contributed by atoms with Crippen molar-refractivity contribution in [3.63, 3.8) is 0 Å². The first kappa shape index (κ1) is 27.0. The lowest BCUT2D eigenvalue weighted by molar-refractivity contribution is -0.116. The van der Waals surface area contributed by atoms with Crippen molar-refractivity contribution in [3.05, 3.63) is 90.0 Å². The largest absolute Gasteiger partial charge is 0.301 e. The number of carbonyl (C=O) groups excluding carboxylic acids is 1. The molecule has 0 fully saturated rings. The fourth-order valence-electron chi connectivity index (χ4n) is 4.32. The van der Waals surface area contributed by atoms with Gasteiger partial charge in [0.05, 0.1) is 21.0 Å². The van der Waals surface area contributed by atoms with Crippen molar-refractivity contribution in [1.82, 2.24) is 9.29 Å². The Morgan fingerprint density at radius 2 is 1.41 bits per heavy atom. The third-order valence-corrected chi connectivity index (χ3v) is 8.65. The number of hydrogen-bond acceptors (Lipinski definition) is 5. The molecule has 0 unspecified atom stereocenters. The Hall–Kier alpha value is -3.07. The summed E-state index contributed by atoms with van der Waals surface area (Å²) in [4.78, 5) is 18.3. The van der Waals surface area contributed by atoms with Gasteiger partial charge in [-0.2, -0.15) is 4.31 Å². The van der Waals surface area contributed by atoms with Gasteiger partial charge in [-0.15, -0.1) is 0 Å². The van der Waals surface area contributed by atoms with E-state index in [1.165, 1.54) is 11.3 Å². The smallest absolute Gasteiger partial charge is 0.243 e. The first-order valence-electron chi connectivity index (χ1n) is 12.5. The Labute approximate surface area is 223 Å². The van der Waals surface area contributed by atoms with Crippen molar-refractivity contribution in [2.45, 2.75) is 38.5 Å². The van der Waals surface area contributed by atoms with Gasteiger partial charge in [-0.05, 0) is 41.2 Å². The summed E-state index contributed by atoms with van der Waals surface area (Å²) in [7, 11) is -3.66. The Bertz CT molecular complexity index is 1400. The van der Waals surface area contributed by atoms with Crippen LogP contribution in [0.5, 0.6) is 0 Å². The quantitative estimate of drug-likeness (QED) is 0.256. The van der Waals surface area contributed by atoms with Crippen molar-refractivity contribution in [2.24, 2.45) is 11.8 Å². The van der Waals surface area contributed by atoms with Crippen LogP contribution in [0.2, 0.25) is 0 Å². The number of rotatable bonds is 10. The molecule has 0 aliphatic carbocycles. The third-order valence-electron chi connectivity index (χ3n) is 5.89. The zero-order valence-corrected chi connectivity index (χ0v) is 23.2. The van der Waals surface area contributed by atoms with Crippen LogP contribution in [-0.2, 0) is 14.8 Å².